The van der Waals surface area contributed by atoms with Crippen LogP contribution in [0, 0.1) is 101 Å². The van der Waals surface area contributed by atoms with E-state index in [1.807, 2.05) is 6.92 Å². The largest absolute Gasteiger partial charge is 0.457 e. The molecule has 4 spiro atoms. The molecule has 0 aromatic carbocycles. The summed E-state index contributed by atoms with van der Waals surface area (Å²) in [6.45, 7) is 64.4. The van der Waals surface area contributed by atoms with E-state index in [1.165, 1.54) is 123 Å². The van der Waals surface area contributed by atoms with Gasteiger partial charge in [0, 0.05) is 48.6 Å². The molecule has 2 unspecified atom stereocenters. The van der Waals surface area contributed by atoms with Gasteiger partial charge in [-0.3, -0.25) is 9.59 Å². The highest BCUT2D eigenvalue weighted by Crippen LogP contribution is 2.92. The number of nitrogens with zero attached hydrogens (tertiary/aromatic N) is 1. The summed E-state index contributed by atoms with van der Waals surface area (Å²) < 4.78 is 87.2. The van der Waals surface area contributed by atoms with Crippen molar-refractivity contribution in [3.05, 3.63) is 12.2 Å². The zero-order valence-corrected chi connectivity index (χ0v) is 79.6. The van der Waals surface area contributed by atoms with Gasteiger partial charge >= 0.3 is 11.9 Å². The minimum atomic E-state index is -3.19. The van der Waals surface area contributed by atoms with Crippen LogP contribution in [0.4, 0.5) is 0 Å². The monoisotopic (exact) mass is 1660 g/mol. The quantitative estimate of drug-likeness (QED) is 0.0335. The van der Waals surface area contributed by atoms with Crippen molar-refractivity contribution in [3.63, 3.8) is 0 Å². The fourth-order valence-corrected chi connectivity index (χ4v) is 36.4. The third-order valence-electron chi connectivity index (χ3n) is 36.8. The van der Waals surface area contributed by atoms with Crippen LogP contribution in [0.3, 0.4) is 0 Å². The van der Waals surface area contributed by atoms with E-state index in [1.54, 1.807) is 13.8 Å². The first-order chi connectivity index (χ1) is 52.8. The Hall–Kier alpha value is -1.05. The number of fused-ring (bicyclic) bond motifs is 8. The number of carbonyl (C=O) groups is 2. The number of ether oxygens (including phenoxy) is 8. The van der Waals surface area contributed by atoms with Crippen molar-refractivity contribution in [3.8, 4) is 0 Å². The van der Waals surface area contributed by atoms with E-state index >= 15 is 0 Å². The molecule has 10 saturated carbocycles. The van der Waals surface area contributed by atoms with Gasteiger partial charge in [-0.1, -0.05) is 138 Å². The van der Waals surface area contributed by atoms with E-state index in [0.29, 0.717) is 69.0 Å². The Morgan fingerprint density at radius 1 is 0.540 bits per heavy atom. The van der Waals surface area contributed by atoms with Gasteiger partial charge in [0.25, 0.3) is 0 Å². The topological polar surface area (TPSA) is 184 Å². The van der Waals surface area contributed by atoms with E-state index in [-0.39, 0.29) is 106 Å². The van der Waals surface area contributed by atoms with E-state index in [0.717, 1.165) is 113 Å². The Morgan fingerprint density at radius 2 is 0.894 bits per heavy atom. The molecule has 0 aromatic heterocycles. The van der Waals surface area contributed by atoms with Crippen LogP contribution in [0.1, 0.15) is 307 Å². The third kappa shape index (κ3) is 16.0. The predicted octanol–water partition coefficient (Wildman–Crippen LogP) is 21.2. The summed E-state index contributed by atoms with van der Waals surface area (Å²) >= 11 is 0. The first-order valence-electron chi connectivity index (χ1n) is 46.4. The van der Waals surface area contributed by atoms with Crippen LogP contribution >= 0.6 is 10.7 Å². The van der Waals surface area contributed by atoms with E-state index in [2.05, 4.69) is 154 Å². The van der Waals surface area contributed by atoms with Crippen LogP contribution in [0.5, 0.6) is 0 Å². The number of aliphatic hydroxyl groups is 1. The molecular formula is C93H164ClNO15SSi2. The van der Waals surface area contributed by atoms with Crippen LogP contribution in [0.25, 0.3) is 0 Å². The minimum Gasteiger partial charge on any atom is -0.457 e. The van der Waals surface area contributed by atoms with Gasteiger partial charge in [0.1, 0.15) is 6.10 Å². The minimum absolute atomic E-state index is 0.00319. The summed E-state index contributed by atoms with van der Waals surface area (Å²) in [5.74, 6) is 3.56. The molecule has 1 N–H and O–H groups in total. The van der Waals surface area contributed by atoms with Crippen LogP contribution in [0.15, 0.2) is 12.2 Å². The first-order valence-corrected chi connectivity index (χ1v) is 54.2. The Bertz CT molecular complexity index is 3360. The number of hydrogen-bond acceptors (Lipinski definition) is 16. The fraction of sp³-hybridized carbons (Fsp3) is 0.957. The van der Waals surface area contributed by atoms with Gasteiger partial charge in [-0.15, -0.1) is 0 Å². The van der Waals surface area contributed by atoms with E-state index in [9.17, 15) is 23.1 Å². The van der Waals surface area contributed by atoms with Crippen LogP contribution in [-0.2, 0) is 65.4 Å². The smallest absolute Gasteiger partial charge is 0.303 e. The van der Waals surface area contributed by atoms with Crippen molar-refractivity contribution in [2.75, 3.05) is 39.1 Å². The molecule has 14 aliphatic rings. The summed E-state index contributed by atoms with van der Waals surface area (Å²) in [5, 5.41) is 11.3. The van der Waals surface area contributed by atoms with Crippen LogP contribution in [0.2, 0.25) is 36.3 Å². The molecule has 0 radical (unpaired) electrons. The summed E-state index contributed by atoms with van der Waals surface area (Å²) in [6, 6.07) is 6.77. The molecule has 652 valence electrons. The predicted molar refractivity (Wildman–Crippen MR) is 458 cm³/mol. The second-order valence-electron chi connectivity index (χ2n) is 42.5. The molecule has 0 amide bonds. The van der Waals surface area contributed by atoms with Gasteiger partial charge in [-0.2, -0.15) is 0 Å². The van der Waals surface area contributed by atoms with Crippen molar-refractivity contribution in [1.29, 1.82) is 0 Å². The second-order valence-corrected chi connectivity index (χ2v) is 55.0. The van der Waals surface area contributed by atoms with Crippen molar-refractivity contribution >= 4 is 48.3 Å². The number of rotatable bonds is 23. The van der Waals surface area contributed by atoms with Crippen molar-refractivity contribution in [2.45, 2.75) is 423 Å². The average Bonchev–Trinajstić information content (AvgIpc) is 1.46. The maximum Gasteiger partial charge on any atom is 0.303 e. The number of hydrogen-bond donors (Lipinski definition) is 1. The molecule has 20 heteroatoms. The lowest BCUT2D eigenvalue weighted by Gasteiger charge is -2.64. The molecule has 14 fully saturated rings. The highest BCUT2D eigenvalue weighted by molar-refractivity contribution is 8.13. The maximum atomic E-state index is 12.4. The van der Waals surface area contributed by atoms with Gasteiger partial charge in [-0.05, 0) is 314 Å². The number of halogens is 1. The van der Waals surface area contributed by atoms with E-state index < -0.39 is 43.5 Å². The van der Waals surface area contributed by atoms with Crippen molar-refractivity contribution in [1.82, 2.24) is 4.90 Å². The summed E-state index contributed by atoms with van der Waals surface area (Å²) in [6.07, 6.45) is 26.1. The molecule has 0 bridgehead atoms. The Kier molecular flexibility index (Phi) is 28.1. The van der Waals surface area contributed by atoms with Gasteiger partial charge in [0.15, 0.2) is 35.3 Å². The highest BCUT2D eigenvalue weighted by Gasteiger charge is 2.87. The second kappa shape index (κ2) is 34.2. The third-order valence-corrected chi connectivity index (χ3v) is 46.0. The molecule has 16 nitrogen and oxygen atoms in total. The number of esters is 2. The molecule has 0 aromatic rings. The normalized spacial score (nSPS) is 44.1. The van der Waals surface area contributed by atoms with Gasteiger partial charge in [-0.25, -0.2) is 8.42 Å². The Labute approximate surface area is 694 Å². The first kappa shape index (κ1) is 92.7. The lowest BCUT2D eigenvalue weighted by atomic mass is 9.41. The van der Waals surface area contributed by atoms with Crippen LogP contribution in [-0.4, -0.2) is 165 Å². The fourth-order valence-electron chi connectivity index (χ4n) is 30.6. The lowest BCUT2D eigenvalue weighted by Crippen LogP contribution is -2.61. The van der Waals surface area contributed by atoms with E-state index in [4.69, 9.17) is 46.7 Å². The van der Waals surface area contributed by atoms with Crippen molar-refractivity contribution in [2.24, 2.45) is 101 Å². The van der Waals surface area contributed by atoms with Gasteiger partial charge in [0.2, 0.25) is 9.05 Å². The Morgan fingerprint density at radius 3 is 1.21 bits per heavy atom. The molecule has 28 atom stereocenters. The van der Waals surface area contributed by atoms with Gasteiger partial charge in [0.05, 0.1) is 60.7 Å². The van der Waals surface area contributed by atoms with Crippen LogP contribution < -0.4 is 0 Å². The lowest BCUT2D eigenvalue weighted by molar-refractivity contribution is -0.242. The average molecular weight is 1660 g/mol. The molecular weight excluding hydrogens is 1490 g/mol. The summed E-state index contributed by atoms with van der Waals surface area (Å²) in [4.78, 5) is 27.1. The number of carbonyl (C=O) groups excluding carboxylic acids is 2. The molecule has 113 heavy (non-hydrogen) atoms. The Balaban J connectivity index is 0.000000195. The maximum absolute atomic E-state index is 12.4. The molecule has 10 aliphatic carbocycles. The highest BCUT2D eigenvalue weighted by atomic mass is 35.7. The summed E-state index contributed by atoms with van der Waals surface area (Å²) in [5.41, 5.74) is 1.66. The molecule has 4 saturated heterocycles. The van der Waals surface area contributed by atoms with Crippen molar-refractivity contribution < 1.29 is 69.9 Å². The molecule has 4 heterocycles. The molecule has 14 rings (SSSR count). The SMILES string of the molecule is C=C(C)[C@@H](OC(C)=O)[C@H]1C[C@@H](C)[C@H]2[C@H](O1)[C@H](O[Si](CC)(CC)CC)[C@@]1(C)[C@@H]3CC[C@H]4C(C)(C)[C@@H](O[C@H]5CCCCO5)CC[C@@]45CC35CC[C@]21C.CCN(CC)CC.CC[Si](CC)(CC)O[C@H]1[C@H]2O[C@@H]([C@H](OC(C)=O)C(C)(C)O)C[C@@H](C)[C@@H]2[C@@]2(C)CCC34C[C@@]35CC[C@H](O[C@H]3CCCCO3)C(C)(C)[C@@H]5CC[C@H]4[C@]12C.CS(=O)(=O)Cl. The summed E-state index contributed by atoms with van der Waals surface area (Å²) in [7, 11) is -2.74. The standard InChI is InChI=1S/C43H74O7Si.C43H72O6Si.C6H15N.CH3ClO2S/c1-12-51(13-2,14-3)50-37-35-34(27(4)25-29(48-35)36(39(8,9)45)47-28(5)44)40(10)22-23-43-26-42(43)21-20-32(49-33-17-15-16-24-46-33)38(6,7)30(42)18-19-31(43)41(37,40)11;1-12-50(13-2,14-3)49-38-37-35(28(6)25-30(47-37)36(27(4)5)46-29(7)44)40(10)22-23-43-26-42(43)21-20-33(48-34-17-15-16-24-45-34)39(8,9)31(42)18-19-32(43)41(38,40)11;1-4-7(5-2)6-3;1-5(2,3)4/h27,29-37,45H,12-26H2,1-11H3;28,30-38H,4,12-26H2,1-3,5-11H3;4-6H2,1-3H3;1H3/t27-,29-,30+,31+,32+,33+,34+,35+,36+,37+,40-,41-,42-,43?;28-,30-,31+,32+,33+,34+,35+,36-,37+,38+,40-,41-,42-,43?;;/m11../s1. The molecule has 4 aliphatic heterocycles. The van der Waals surface area contributed by atoms with Gasteiger partial charge < -0.3 is 56.8 Å². The zero-order chi connectivity index (χ0) is 83.3. The zero-order valence-electron chi connectivity index (χ0n) is 76.0.